The molecule has 2 N–H and O–H groups in total. The van der Waals surface area contributed by atoms with Crippen molar-refractivity contribution >= 4 is 23.2 Å². The molecule has 1 saturated heterocycles. The van der Waals surface area contributed by atoms with E-state index in [1.165, 1.54) is 0 Å². The van der Waals surface area contributed by atoms with Crippen LogP contribution >= 0.6 is 11.6 Å². The number of nitrogens with zero attached hydrogens (tertiary/aromatic N) is 1. The van der Waals surface area contributed by atoms with Gasteiger partial charge in [0.15, 0.2) is 0 Å². The number of rotatable bonds is 2. The van der Waals surface area contributed by atoms with Crippen molar-refractivity contribution in [3.05, 3.63) is 23.5 Å². The van der Waals surface area contributed by atoms with E-state index in [0.29, 0.717) is 10.8 Å². The highest BCUT2D eigenvalue weighted by molar-refractivity contribution is 6.29. The van der Waals surface area contributed by atoms with Gasteiger partial charge in [-0.05, 0) is 36.9 Å². The van der Waals surface area contributed by atoms with E-state index in [4.69, 9.17) is 11.6 Å². The molecular formula is C13H18ClN3O. The Hall–Kier alpha value is -1.13. The van der Waals surface area contributed by atoms with Crippen molar-refractivity contribution < 1.29 is 4.79 Å². The fourth-order valence-corrected chi connectivity index (χ4v) is 2.43. The number of hydrogen-bond donors (Lipinski definition) is 2. The summed E-state index contributed by atoms with van der Waals surface area (Å²) in [4.78, 5) is 16.2. The summed E-state index contributed by atoms with van der Waals surface area (Å²) in [5, 5.41) is 6.57. The standard InChI is InChI=1S/C13H18ClN3O/c1-13(2)6-3-7-15-11(13)12(18)17-9-4-5-10(14)16-8-9/h4-5,8,11,15H,3,6-7H2,1-2H3,(H,17,18). The van der Waals surface area contributed by atoms with Gasteiger partial charge in [0.25, 0.3) is 0 Å². The molecule has 0 spiro atoms. The molecule has 1 amide bonds. The Balaban J connectivity index is 2.05. The van der Waals surface area contributed by atoms with Gasteiger partial charge in [0.2, 0.25) is 5.91 Å². The third-order valence-corrected chi connectivity index (χ3v) is 3.61. The molecule has 4 nitrogen and oxygen atoms in total. The van der Waals surface area contributed by atoms with Gasteiger partial charge in [0, 0.05) is 0 Å². The fourth-order valence-electron chi connectivity index (χ4n) is 2.32. The molecule has 0 radical (unpaired) electrons. The number of hydrogen-bond acceptors (Lipinski definition) is 3. The first kappa shape index (κ1) is 13.3. The molecule has 1 aliphatic rings. The maximum absolute atomic E-state index is 12.2. The minimum absolute atomic E-state index is 0.0103. The van der Waals surface area contributed by atoms with E-state index in [9.17, 15) is 4.79 Å². The van der Waals surface area contributed by atoms with E-state index in [1.807, 2.05) is 0 Å². The normalized spacial score (nSPS) is 22.5. The summed E-state index contributed by atoms with van der Waals surface area (Å²) in [6.07, 6.45) is 3.73. The molecular weight excluding hydrogens is 250 g/mol. The van der Waals surface area contributed by atoms with E-state index in [0.717, 1.165) is 19.4 Å². The smallest absolute Gasteiger partial charge is 0.242 e. The molecule has 2 heterocycles. The van der Waals surface area contributed by atoms with Gasteiger partial charge < -0.3 is 10.6 Å². The number of anilines is 1. The summed E-state index contributed by atoms with van der Waals surface area (Å²) in [7, 11) is 0. The molecule has 1 aromatic heterocycles. The quantitative estimate of drug-likeness (QED) is 0.810. The molecule has 0 bridgehead atoms. The van der Waals surface area contributed by atoms with Gasteiger partial charge in [-0.1, -0.05) is 25.4 Å². The van der Waals surface area contributed by atoms with Crippen molar-refractivity contribution in [1.29, 1.82) is 0 Å². The first-order chi connectivity index (χ1) is 8.49. The van der Waals surface area contributed by atoms with Crippen LogP contribution < -0.4 is 10.6 Å². The SMILES string of the molecule is CC1(C)CCCNC1C(=O)Nc1ccc(Cl)nc1. The predicted octanol–water partition coefficient (Wildman–Crippen LogP) is 2.45. The minimum Gasteiger partial charge on any atom is -0.323 e. The topological polar surface area (TPSA) is 54.0 Å². The average Bonchev–Trinajstić information content (AvgIpc) is 2.31. The minimum atomic E-state index is -0.165. The van der Waals surface area contributed by atoms with Crippen molar-refractivity contribution in [2.24, 2.45) is 5.41 Å². The first-order valence-electron chi connectivity index (χ1n) is 6.15. The van der Waals surface area contributed by atoms with Crippen LogP contribution in [0.4, 0.5) is 5.69 Å². The van der Waals surface area contributed by atoms with Crippen LogP contribution in [-0.2, 0) is 4.79 Å². The first-order valence-corrected chi connectivity index (χ1v) is 6.53. The number of halogens is 1. The number of carbonyl (C=O) groups is 1. The van der Waals surface area contributed by atoms with Crippen LogP contribution in [0.2, 0.25) is 5.15 Å². The van der Waals surface area contributed by atoms with Gasteiger partial charge in [0.1, 0.15) is 5.15 Å². The number of carbonyl (C=O) groups excluding carboxylic acids is 1. The maximum atomic E-state index is 12.2. The lowest BCUT2D eigenvalue weighted by Crippen LogP contribution is -2.53. The summed E-state index contributed by atoms with van der Waals surface area (Å²) in [6, 6.07) is 3.25. The van der Waals surface area contributed by atoms with E-state index < -0.39 is 0 Å². The molecule has 2 rings (SSSR count). The Bertz CT molecular complexity index is 430. The highest BCUT2D eigenvalue weighted by Gasteiger charge is 2.36. The monoisotopic (exact) mass is 267 g/mol. The van der Waals surface area contributed by atoms with Gasteiger partial charge in [-0.2, -0.15) is 0 Å². The molecule has 5 heteroatoms. The third kappa shape index (κ3) is 3.00. The van der Waals surface area contributed by atoms with E-state index in [-0.39, 0.29) is 17.4 Å². The summed E-state index contributed by atoms with van der Waals surface area (Å²) in [5.74, 6) is -0.0103. The predicted molar refractivity (Wildman–Crippen MR) is 72.7 cm³/mol. The molecule has 0 aromatic carbocycles. The van der Waals surface area contributed by atoms with Gasteiger partial charge >= 0.3 is 0 Å². The average molecular weight is 268 g/mol. The lowest BCUT2D eigenvalue weighted by atomic mass is 9.77. The van der Waals surface area contributed by atoms with Crippen LogP contribution in [0.5, 0.6) is 0 Å². The highest BCUT2D eigenvalue weighted by atomic mass is 35.5. The van der Waals surface area contributed by atoms with Crippen LogP contribution in [0, 0.1) is 5.41 Å². The van der Waals surface area contributed by atoms with Crippen LogP contribution in [0.15, 0.2) is 18.3 Å². The summed E-state index contributed by atoms with van der Waals surface area (Å²) in [6.45, 7) is 5.12. The molecule has 0 saturated carbocycles. The van der Waals surface area contributed by atoms with Crippen molar-refractivity contribution in [2.45, 2.75) is 32.7 Å². The fraction of sp³-hybridized carbons (Fsp3) is 0.538. The second-order valence-electron chi connectivity index (χ2n) is 5.34. The van der Waals surface area contributed by atoms with E-state index in [1.54, 1.807) is 18.3 Å². The zero-order chi connectivity index (χ0) is 13.2. The Morgan fingerprint density at radius 3 is 2.94 bits per heavy atom. The molecule has 1 aromatic rings. The van der Waals surface area contributed by atoms with Gasteiger partial charge in [0.05, 0.1) is 17.9 Å². The lowest BCUT2D eigenvalue weighted by molar-refractivity contribution is -0.121. The number of pyridine rings is 1. The summed E-state index contributed by atoms with van der Waals surface area (Å²) >= 11 is 5.71. The Morgan fingerprint density at radius 1 is 1.56 bits per heavy atom. The Labute approximate surface area is 112 Å². The van der Waals surface area contributed by atoms with Gasteiger partial charge in [-0.3, -0.25) is 4.79 Å². The molecule has 0 aliphatic carbocycles. The largest absolute Gasteiger partial charge is 0.323 e. The molecule has 1 fully saturated rings. The van der Waals surface area contributed by atoms with Crippen LogP contribution in [0.3, 0.4) is 0 Å². The molecule has 1 aliphatic heterocycles. The summed E-state index contributed by atoms with van der Waals surface area (Å²) < 4.78 is 0. The van der Waals surface area contributed by atoms with E-state index in [2.05, 4.69) is 29.5 Å². The molecule has 18 heavy (non-hydrogen) atoms. The molecule has 98 valence electrons. The maximum Gasteiger partial charge on any atom is 0.242 e. The number of aromatic nitrogens is 1. The van der Waals surface area contributed by atoms with Crippen molar-refractivity contribution in [3.63, 3.8) is 0 Å². The molecule has 1 unspecified atom stereocenters. The Kier molecular flexibility index (Phi) is 3.88. The second kappa shape index (κ2) is 5.24. The van der Waals surface area contributed by atoms with Crippen LogP contribution in [-0.4, -0.2) is 23.5 Å². The third-order valence-electron chi connectivity index (χ3n) is 3.38. The van der Waals surface area contributed by atoms with Crippen LogP contribution in [0.1, 0.15) is 26.7 Å². The van der Waals surface area contributed by atoms with Gasteiger partial charge in [-0.15, -0.1) is 0 Å². The number of piperidine rings is 1. The number of nitrogens with one attached hydrogen (secondary N) is 2. The number of amides is 1. The molecule has 1 atom stereocenters. The van der Waals surface area contributed by atoms with Crippen molar-refractivity contribution in [2.75, 3.05) is 11.9 Å². The van der Waals surface area contributed by atoms with Gasteiger partial charge in [-0.25, -0.2) is 4.98 Å². The highest BCUT2D eigenvalue weighted by Crippen LogP contribution is 2.30. The zero-order valence-corrected chi connectivity index (χ0v) is 11.4. The summed E-state index contributed by atoms with van der Waals surface area (Å²) in [5.41, 5.74) is 0.648. The lowest BCUT2D eigenvalue weighted by Gasteiger charge is -2.38. The second-order valence-corrected chi connectivity index (χ2v) is 5.73. The Morgan fingerprint density at radius 2 is 2.33 bits per heavy atom. The van der Waals surface area contributed by atoms with Crippen molar-refractivity contribution in [1.82, 2.24) is 10.3 Å². The van der Waals surface area contributed by atoms with Crippen molar-refractivity contribution in [3.8, 4) is 0 Å². The van der Waals surface area contributed by atoms with E-state index >= 15 is 0 Å². The zero-order valence-electron chi connectivity index (χ0n) is 10.7. The van der Waals surface area contributed by atoms with Crippen LogP contribution in [0.25, 0.3) is 0 Å².